The molecule has 3 aromatic rings. The molecule has 0 bridgehead atoms. The fourth-order valence-electron chi connectivity index (χ4n) is 4.26. The van der Waals surface area contributed by atoms with Gasteiger partial charge in [0, 0.05) is 36.2 Å². The maximum absolute atomic E-state index is 13.5. The quantitative estimate of drug-likeness (QED) is 0.128. The molecule has 5 N–H and O–H groups in total. The van der Waals surface area contributed by atoms with E-state index in [0.29, 0.717) is 11.1 Å². The van der Waals surface area contributed by atoms with Crippen molar-refractivity contribution in [3.05, 3.63) is 64.6 Å². The first kappa shape index (κ1) is 38.0. The molecule has 0 aliphatic heterocycles. The van der Waals surface area contributed by atoms with Gasteiger partial charge in [-0.15, -0.1) is 0 Å². The van der Waals surface area contributed by atoms with Crippen molar-refractivity contribution >= 4 is 51.5 Å². The maximum atomic E-state index is 13.5. The Morgan fingerprint density at radius 3 is 2.39 bits per heavy atom. The van der Waals surface area contributed by atoms with Gasteiger partial charge in [-0.1, -0.05) is 12.1 Å². The average Bonchev–Trinajstić information content (AvgIpc) is 2.97. The van der Waals surface area contributed by atoms with Gasteiger partial charge in [-0.25, -0.2) is 27.9 Å². The molecule has 17 heteroatoms. The molecule has 49 heavy (non-hydrogen) atoms. The first-order valence-electron chi connectivity index (χ1n) is 15.1. The number of rotatable bonds is 13. The molecule has 0 spiro atoms. The van der Waals surface area contributed by atoms with Crippen LogP contribution in [0.15, 0.2) is 53.5 Å². The van der Waals surface area contributed by atoms with E-state index in [0.717, 1.165) is 17.5 Å². The lowest BCUT2D eigenvalue weighted by atomic mass is 10.1. The molecule has 0 saturated heterocycles. The first-order chi connectivity index (χ1) is 22.8. The van der Waals surface area contributed by atoms with Crippen LogP contribution in [0.2, 0.25) is 0 Å². The van der Waals surface area contributed by atoms with E-state index in [9.17, 15) is 32.7 Å². The molecule has 0 unspecified atom stereocenters. The summed E-state index contributed by atoms with van der Waals surface area (Å²) in [7, 11) is -3.34. The Balaban J connectivity index is 1.80. The minimum absolute atomic E-state index is 0.0139. The number of carbonyl (C=O) groups excluding carboxylic acids is 3. The molecule has 1 heterocycles. The van der Waals surface area contributed by atoms with Gasteiger partial charge in [-0.2, -0.15) is 0 Å². The Labute approximate surface area is 283 Å². The summed E-state index contributed by atoms with van der Waals surface area (Å²) in [5.41, 5.74) is 0.218. The van der Waals surface area contributed by atoms with E-state index >= 15 is 0 Å². The van der Waals surface area contributed by atoms with Crippen molar-refractivity contribution in [3.8, 4) is 17.0 Å². The number of nitrogens with zero attached hydrogens (tertiary/aromatic N) is 3. The number of phenols is 1. The third-order valence-electron chi connectivity index (χ3n) is 6.35. The molecule has 0 aliphatic rings. The molecule has 0 aliphatic carbocycles. The van der Waals surface area contributed by atoms with Crippen molar-refractivity contribution in [2.75, 3.05) is 34.1 Å². The van der Waals surface area contributed by atoms with Crippen LogP contribution in [-0.4, -0.2) is 77.8 Å². The second-order valence-electron chi connectivity index (χ2n) is 12.3. The number of hydrogen-bond acceptors (Lipinski definition) is 12. The van der Waals surface area contributed by atoms with E-state index < -0.39 is 45.6 Å². The lowest BCUT2D eigenvalue weighted by Gasteiger charge is -2.20. The Morgan fingerprint density at radius 2 is 1.80 bits per heavy atom. The zero-order chi connectivity index (χ0) is 36.5. The van der Waals surface area contributed by atoms with E-state index in [-0.39, 0.29) is 53.6 Å². The van der Waals surface area contributed by atoms with Crippen molar-refractivity contribution in [3.63, 3.8) is 0 Å². The number of anilines is 3. The third kappa shape index (κ3) is 11.9. The zero-order valence-electron chi connectivity index (χ0n) is 28.1. The van der Waals surface area contributed by atoms with Crippen molar-refractivity contribution in [2.45, 2.75) is 59.4 Å². The number of nitrogens with one attached hydrogen (secondary N) is 4. The molecule has 16 nitrogen and oxygen atoms in total. The highest BCUT2D eigenvalue weighted by molar-refractivity contribution is 7.90. The minimum atomic E-state index is -3.34. The summed E-state index contributed by atoms with van der Waals surface area (Å²) >= 11 is 0. The van der Waals surface area contributed by atoms with Crippen molar-refractivity contribution < 1.29 is 37.4 Å². The number of carbonyl (C=O) groups is 3. The van der Waals surface area contributed by atoms with Gasteiger partial charge >= 0.3 is 12.2 Å². The van der Waals surface area contributed by atoms with Gasteiger partial charge < -0.3 is 25.2 Å². The molecule has 264 valence electrons. The van der Waals surface area contributed by atoms with Crippen LogP contribution in [0.3, 0.4) is 0 Å². The Morgan fingerprint density at radius 1 is 1.12 bits per heavy atom. The smallest absolute Gasteiger partial charge is 0.419 e. The van der Waals surface area contributed by atoms with Gasteiger partial charge in [0.05, 0.1) is 29.7 Å². The summed E-state index contributed by atoms with van der Waals surface area (Å²) in [5, 5.41) is 26.3. The SMILES string of the molecule is CC(C)Nc1ncc(-c2cc(O)cc(NC(=O)OC(C)(C)C)c2)n(CC(=O)NCc2ccc(N(C=N)C(=O)OCCS(C)(=O)=O)cc2)c1=O. The van der Waals surface area contributed by atoms with Crippen molar-refractivity contribution in [1.82, 2.24) is 14.9 Å². The Bertz CT molecular complexity index is 1850. The monoisotopic (exact) mass is 699 g/mol. The zero-order valence-corrected chi connectivity index (χ0v) is 28.9. The van der Waals surface area contributed by atoms with Crippen LogP contribution in [0.1, 0.15) is 40.2 Å². The molecule has 0 fully saturated rings. The molecule has 3 amide bonds. The highest BCUT2D eigenvalue weighted by Gasteiger charge is 2.20. The van der Waals surface area contributed by atoms with Crippen LogP contribution in [0.4, 0.5) is 26.8 Å². The second kappa shape index (κ2) is 16.1. The molecule has 2 aromatic carbocycles. The molecule has 3 rings (SSSR count). The van der Waals surface area contributed by atoms with Crippen LogP contribution in [0.25, 0.3) is 11.3 Å². The highest BCUT2D eigenvalue weighted by Crippen LogP contribution is 2.28. The molecular weight excluding hydrogens is 658 g/mol. The lowest BCUT2D eigenvalue weighted by molar-refractivity contribution is -0.121. The first-order valence-corrected chi connectivity index (χ1v) is 17.1. The van der Waals surface area contributed by atoms with Crippen molar-refractivity contribution in [2.24, 2.45) is 0 Å². The largest absolute Gasteiger partial charge is 0.508 e. The number of hydrogen-bond donors (Lipinski definition) is 5. The Kier molecular flexibility index (Phi) is 12.5. The maximum Gasteiger partial charge on any atom is 0.419 e. The van der Waals surface area contributed by atoms with Crippen molar-refractivity contribution in [1.29, 1.82) is 5.41 Å². The standard InChI is InChI=1S/C32H41N7O9S/c1-20(2)36-28-29(42)38(26(17-35-28)22-13-23(15-25(40)14-22)37-30(43)48-32(3,4)5)18-27(41)34-16-21-7-9-24(10-8-21)39(19-33)31(44)47-11-12-49(6,45)46/h7-10,13-15,17,19-20,33,40H,11-12,16,18H2,1-6H3,(H,34,41)(H,35,36)(H,37,43). The summed E-state index contributed by atoms with van der Waals surface area (Å²) in [6, 6.07) is 10.3. The van der Waals surface area contributed by atoms with E-state index in [2.05, 4.69) is 20.9 Å². The summed E-state index contributed by atoms with van der Waals surface area (Å²) in [6.07, 6.45) is 1.45. The number of ether oxygens (including phenoxy) is 2. The average molecular weight is 700 g/mol. The number of benzene rings is 2. The van der Waals surface area contributed by atoms with Crippen LogP contribution in [0, 0.1) is 5.41 Å². The summed E-state index contributed by atoms with van der Waals surface area (Å²) < 4.78 is 34.0. The number of phenolic OH excluding ortho intramolecular Hbond substituents is 1. The van der Waals surface area contributed by atoms with Gasteiger partial charge in [0.1, 0.15) is 24.5 Å². The number of amides is 3. The highest BCUT2D eigenvalue weighted by atomic mass is 32.2. The van der Waals surface area contributed by atoms with Gasteiger partial charge in [0.15, 0.2) is 15.7 Å². The van der Waals surface area contributed by atoms with E-state index in [1.165, 1.54) is 41.1 Å². The predicted octanol–water partition coefficient (Wildman–Crippen LogP) is 3.69. The van der Waals surface area contributed by atoms with Crippen LogP contribution < -0.4 is 26.4 Å². The van der Waals surface area contributed by atoms with Crippen LogP contribution >= 0.6 is 0 Å². The molecule has 0 saturated carbocycles. The predicted molar refractivity (Wildman–Crippen MR) is 185 cm³/mol. The van der Waals surface area contributed by atoms with Crippen LogP contribution in [0.5, 0.6) is 5.75 Å². The van der Waals surface area contributed by atoms with Gasteiger partial charge in [0.2, 0.25) is 5.91 Å². The van der Waals surface area contributed by atoms with E-state index in [1.54, 1.807) is 32.9 Å². The van der Waals surface area contributed by atoms with Gasteiger partial charge in [-0.3, -0.25) is 24.9 Å². The Hall–Kier alpha value is -5.45. The molecule has 0 atom stereocenters. The second-order valence-corrected chi connectivity index (χ2v) is 14.5. The lowest BCUT2D eigenvalue weighted by Crippen LogP contribution is -2.35. The summed E-state index contributed by atoms with van der Waals surface area (Å²) in [6.45, 7) is 8.02. The number of sulfone groups is 1. The van der Waals surface area contributed by atoms with Gasteiger partial charge in [0.25, 0.3) is 5.56 Å². The number of aromatic hydroxyl groups is 1. The minimum Gasteiger partial charge on any atom is -0.508 e. The fourth-order valence-corrected chi connectivity index (χ4v) is 4.64. The van der Waals surface area contributed by atoms with Crippen LogP contribution in [-0.2, 0) is 37.2 Å². The van der Waals surface area contributed by atoms with E-state index in [1.807, 2.05) is 13.8 Å². The number of aromatic nitrogens is 2. The van der Waals surface area contributed by atoms with Gasteiger partial charge in [-0.05, 0) is 64.4 Å². The normalized spacial score (nSPS) is 11.4. The molecular formula is C32H41N7O9S. The molecule has 0 radical (unpaired) electrons. The summed E-state index contributed by atoms with van der Waals surface area (Å²) in [5.74, 6) is -1.09. The summed E-state index contributed by atoms with van der Waals surface area (Å²) in [4.78, 5) is 56.5. The van der Waals surface area contributed by atoms with E-state index in [4.69, 9.17) is 14.9 Å². The fraction of sp³-hybridized carbons (Fsp3) is 0.375. The molecule has 1 aromatic heterocycles. The third-order valence-corrected chi connectivity index (χ3v) is 7.26. The topological polar surface area (TPSA) is 222 Å².